The van der Waals surface area contributed by atoms with Crippen LogP contribution >= 0.6 is 0 Å². The molecule has 1 saturated carbocycles. The second-order valence-electron chi connectivity index (χ2n) is 9.46. The van der Waals surface area contributed by atoms with E-state index in [1.807, 2.05) is 16.7 Å². The zero-order valence-electron chi connectivity index (χ0n) is 17.8. The number of pyridine rings is 1. The standard InChI is InChI=1S/C24H32N2O4/c1-30-24(29)21-18(14-27)20-13-26-19(22(21)25(20)12-15-6-2-3-7-15)11-10-17(23(26)28)16-8-4-5-9-16/h8,10-11,15,18,20-22,27H,2-7,9,12-14H2,1H3/t18-,20-,21+,22+/m1/s1. The summed E-state index contributed by atoms with van der Waals surface area (Å²) in [6.45, 7) is 1.40. The van der Waals surface area contributed by atoms with Crippen LogP contribution in [0.5, 0.6) is 0 Å². The molecule has 0 spiro atoms. The highest BCUT2D eigenvalue weighted by atomic mass is 16.5. The fourth-order valence-corrected chi connectivity index (χ4v) is 6.53. The molecule has 1 N–H and O–H groups in total. The summed E-state index contributed by atoms with van der Waals surface area (Å²) in [5.41, 5.74) is 2.91. The molecule has 30 heavy (non-hydrogen) atoms. The van der Waals surface area contributed by atoms with Crippen LogP contribution in [-0.2, 0) is 16.1 Å². The van der Waals surface area contributed by atoms with Gasteiger partial charge >= 0.3 is 5.97 Å². The number of fused-ring (bicyclic) bond motifs is 4. The second kappa shape index (κ2) is 7.97. The zero-order valence-corrected chi connectivity index (χ0v) is 17.8. The number of aliphatic hydroxyl groups is 1. The summed E-state index contributed by atoms with van der Waals surface area (Å²) in [6, 6.07) is 3.80. The van der Waals surface area contributed by atoms with Gasteiger partial charge in [-0.1, -0.05) is 18.9 Å². The van der Waals surface area contributed by atoms with E-state index in [1.54, 1.807) is 0 Å². The van der Waals surface area contributed by atoms with Gasteiger partial charge in [0.2, 0.25) is 0 Å². The average Bonchev–Trinajstić information content (AvgIpc) is 3.49. The van der Waals surface area contributed by atoms with Gasteiger partial charge in [-0.3, -0.25) is 14.5 Å². The van der Waals surface area contributed by atoms with Gasteiger partial charge in [-0.05, 0) is 55.7 Å². The third-order valence-electron chi connectivity index (χ3n) is 7.97. The van der Waals surface area contributed by atoms with Gasteiger partial charge in [0.05, 0.1) is 19.1 Å². The van der Waals surface area contributed by atoms with Crippen molar-refractivity contribution >= 4 is 11.5 Å². The van der Waals surface area contributed by atoms with Crippen molar-refractivity contribution in [2.45, 2.75) is 63.6 Å². The number of carbonyl (C=O) groups excluding carboxylic acids is 1. The van der Waals surface area contributed by atoms with Crippen LogP contribution in [0.3, 0.4) is 0 Å². The first-order valence-corrected chi connectivity index (χ1v) is 11.5. The highest BCUT2D eigenvalue weighted by molar-refractivity contribution is 5.75. The van der Waals surface area contributed by atoms with Crippen LogP contribution in [0, 0.1) is 17.8 Å². The molecule has 4 aliphatic rings. The SMILES string of the molecule is COC(=O)[C@H]1[C@H](CO)[C@H]2Cn3c(ccc(C4=CCCC4)c3=O)[C@@H]1N2CC1CCCC1. The summed E-state index contributed by atoms with van der Waals surface area (Å²) in [6.07, 6.45) is 10.3. The molecule has 1 aromatic heterocycles. The van der Waals surface area contributed by atoms with Crippen LogP contribution in [0.15, 0.2) is 23.0 Å². The number of hydrogen-bond donors (Lipinski definition) is 1. The molecule has 4 atom stereocenters. The Kier molecular flexibility index (Phi) is 5.31. The van der Waals surface area contributed by atoms with Crippen LogP contribution < -0.4 is 5.56 Å². The van der Waals surface area contributed by atoms with E-state index in [4.69, 9.17) is 4.74 Å². The minimum absolute atomic E-state index is 0.0114. The van der Waals surface area contributed by atoms with E-state index in [2.05, 4.69) is 11.0 Å². The van der Waals surface area contributed by atoms with Gasteiger partial charge in [0.15, 0.2) is 0 Å². The van der Waals surface area contributed by atoms with Crippen molar-refractivity contribution in [2.75, 3.05) is 20.3 Å². The van der Waals surface area contributed by atoms with E-state index < -0.39 is 5.92 Å². The summed E-state index contributed by atoms with van der Waals surface area (Å²) >= 11 is 0. The summed E-state index contributed by atoms with van der Waals surface area (Å²) in [5.74, 6) is -0.290. The first-order valence-electron chi connectivity index (χ1n) is 11.5. The van der Waals surface area contributed by atoms with Crippen molar-refractivity contribution in [1.29, 1.82) is 0 Å². The molecule has 162 valence electrons. The van der Waals surface area contributed by atoms with Crippen molar-refractivity contribution in [3.05, 3.63) is 39.8 Å². The predicted octanol–water partition coefficient (Wildman–Crippen LogP) is 2.74. The lowest BCUT2D eigenvalue weighted by Gasteiger charge is -2.39. The Morgan fingerprint density at radius 3 is 2.70 bits per heavy atom. The third kappa shape index (κ3) is 3.07. The molecule has 5 rings (SSSR count). The second-order valence-corrected chi connectivity index (χ2v) is 9.46. The highest BCUT2D eigenvalue weighted by Crippen LogP contribution is 2.49. The molecule has 2 aliphatic carbocycles. The smallest absolute Gasteiger partial charge is 0.311 e. The Morgan fingerprint density at radius 2 is 2.03 bits per heavy atom. The number of aliphatic hydroxyl groups excluding tert-OH is 1. The fourth-order valence-electron chi connectivity index (χ4n) is 6.53. The Bertz CT molecular complexity index is 914. The van der Waals surface area contributed by atoms with E-state index in [0.29, 0.717) is 12.5 Å². The van der Waals surface area contributed by atoms with E-state index >= 15 is 0 Å². The molecule has 2 aliphatic heterocycles. The third-order valence-corrected chi connectivity index (χ3v) is 7.97. The van der Waals surface area contributed by atoms with Crippen LogP contribution in [0.2, 0.25) is 0 Å². The first-order chi connectivity index (χ1) is 14.6. The number of nitrogens with zero attached hydrogens (tertiary/aromatic N) is 2. The Morgan fingerprint density at radius 1 is 1.23 bits per heavy atom. The lowest BCUT2D eigenvalue weighted by molar-refractivity contribution is -0.148. The summed E-state index contributed by atoms with van der Waals surface area (Å²) < 4.78 is 7.06. The number of carbonyl (C=O) groups is 1. The maximum atomic E-state index is 13.4. The maximum absolute atomic E-state index is 13.4. The molecule has 6 heteroatoms. The number of hydrogen-bond acceptors (Lipinski definition) is 5. The molecule has 1 saturated heterocycles. The van der Waals surface area contributed by atoms with Gasteiger partial charge in [-0.15, -0.1) is 0 Å². The Labute approximate surface area is 177 Å². The Hall–Kier alpha value is -1.92. The molecule has 6 nitrogen and oxygen atoms in total. The van der Waals surface area contributed by atoms with E-state index in [9.17, 15) is 14.7 Å². The molecule has 0 amide bonds. The van der Waals surface area contributed by atoms with Crippen LogP contribution in [0.25, 0.3) is 5.57 Å². The number of esters is 1. The van der Waals surface area contributed by atoms with Crippen molar-refractivity contribution in [3.8, 4) is 0 Å². The topological polar surface area (TPSA) is 71.8 Å². The lowest BCUT2D eigenvalue weighted by Crippen LogP contribution is -2.48. The fraction of sp³-hybridized carbons (Fsp3) is 0.667. The molecule has 2 bridgehead atoms. The van der Waals surface area contributed by atoms with Gasteiger partial charge in [0.25, 0.3) is 5.56 Å². The van der Waals surface area contributed by atoms with E-state index in [0.717, 1.165) is 42.6 Å². The number of allylic oxidation sites excluding steroid dienone is 2. The number of ether oxygens (including phenoxy) is 1. The quantitative estimate of drug-likeness (QED) is 0.753. The Balaban J connectivity index is 1.59. The summed E-state index contributed by atoms with van der Waals surface area (Å²) in [4.78, 5) is 28.7. The van der Waals surface area contributed by atoms with Crippen molar-refractivity contribution in [1.82, 2.24) is 9.47 Å². The number of methoxy groups -OCH3 is 1. The van der Waals surface area contributed by atoms with Gasteiger partial charge in [0, 0.05) is 42.9 Å². The predicted molar refractivity (Wildman–Crippen MR) is 114 cm³/mol. The monoisotopic (exact) mass is 412 g/mol. The molecular formula is C24H32N2O4. The van der Waals surface area contributed by atoms with Gasteiger partial charge in [-0.25, -0.2) is 0 Å². The molecule has 0 radical (unpaired) electrons. The zero-order chi connectivity index (χ0) is 20.8. The largest absolute Gasteiger partial charge is 0.469 e. The van der Waals surface area contributed by atoms with Gasteiger partial charge < -0.3 is 14.4 Å². The van der Waals surface area contributed by atoms with Crippen LogP contribution in [0.1, 0.15) is 62.2 Å². The van der Waals surface area contributed by atoms with Crippen LogP contribution in [-0.4, -0.2) is 46.8 Å². The van der Waals surface area contributed by atoms with Crippen molar-refractivity contribution in [3.63, 3.8) is 0 Å². The van der Waals surface area contributed by atoms with E-state index in [-0.39, 0.29) is 36.1 Å². The summed E-state index contributed by atoms with van der Waals surface area (Å²) in [7, 11) is 1.42. The molecular weight excluding hydrogens is 380 g/mol. The van der Waals surface area contributed by atoms with Gasteiger partial charge in [-0.2, -0.15) is 0 Å². The lowest BCUT2D eigenvalue weighted by atomic mass is 9.87. The maximum Gasteiger partial charge on any atom is 0.311 e. The van der Waals surface area contributed by atoms with Gasteiger partial charge in [0.1, 0.15) is 0 Å². The van der Waals surface area contributed by atoms with Crippen LogP contribution in [0.4, 0.5) is 0 Å². The van der Waals surface area contributed by atoms with Crippen molar-refractivity contribution < 1.29 is 14.6 Å². The number of aromatic nitrogens is 1. The summed E-state index contributed by atoms with van der Waals surface area (Å²) in [5, 5.41) is 10.3. The first kappa shape index (κ1) is 20.0. The van der Waals surface area contributed by atoms with Crippen molar-refractivity contribution in [2.24, 2.45) is 17.8 Å². The average molecular weight is 413 g/mol. The molecule has 2 fully saturated rings. The highest BCUT2D eigenvalue weighted by Gasteiger charge is 2.56. The number of rotatable bonds is 5. The molecule has 0 unspecified atom stereocenters. The minimum atomic E-state index is -0.434. The normalized spacial score (nSPS) is 31.1. The molecule has 3 heterocycles. The van der Waals surface area contributed by atoms with E-state index in [1.165, 1.54) is 32.8 Å². The molecule has 1 aromatic rings. The molecule has 0 aromatic carbocycles. The minimum Gasteiger partial charge on any atom is -0.469 e.